The monoisotopic (exact) mass is 452 g/mol. The third-order valence-corrected chi connectivity index (χ3v) is 6.09. The zero-order chi connectivity index (χ0) is 21.6. The molecule has 0 spiro atoms. The Bertz CT molecular complexity index is 1140. The molecular formula is C22H20N4O3S2. The van der Waals surface area contributed by atoms with E-state index in [1.807, 2.05) is 60.0 Å². The Morgan fingerprint density at radius 1 is 1.13 bits per heavy atom. The molecule has 31 heavy (non-hydrogen) atoms. The Morgan fingerprint density at radius 3 is 2.61 bits per heavy atom. The van der Waals surface area contributed by atoms with Gasteiger partial charge in [-0.25, -0.2) is 4.98 Å². The second-order valence-electron chi connectivity index (χ2n) is 6.59. The number of rotatable bonds is 8. The van der Waals surface area contributed by atoms with Gasteiger partial charge >= 0.3 is 0 Å². The summed E-state index contributed by atoms with van der Waals surface area (Å²) in [5, 5.41) is 11.3. The fraction of sp³-hybridized carbons (Fsp3) is 0.182. The molecule has 0 aliphatic carbocycles. The number of anilines is 2. The maximum absolute atomic E-state index is 12.2. The van der Waals surface area contributed by atoms with Crippen molar-refractivity contribution >= 4 is 39.8 Å². The van der Waals surface area contributed by atoms with Gasteiger partial charge in [-0.1, -0.05) is 42.1 Å². The first kappa shape index (κ1) is 21.1. The summed E-state index contributed by atoms with van der Waals surface area (Å²) in [7, 11) is 1.64. The standard InChI is InChI=1S/C22H20N4O3S2/c1-15(27)26(18-6-4-3-5-7-18)21-23-17(13-30-21)14-31-22-25-24-20(29-22)12-16-8-10-19(28-2)11-9-16/h3-11,13H,12,14H2,1-2H3. The van der Waals surface area contributed by atoms with Crippen LogP contribution in [0, 0.1) is 0 Å². The third-order valence-electron chi connectivity index (χ3n) is 4.37. The molecule has 7 nitrogen and oxygen atoms in total. The number of thiazole rings is 1. The van der Waals surface area contributed by atoms with Gasteiger partial charge in [-0.3, -0.25) is 9.69 Å². The van der Waals surface area contributed by atoms with Gasteiger partial charge in [0.15, 0.2) is 5.13 Å². The van der Waals surface area contributed by atoms with Gasteiger partial charge in [-0.15, -0.1) is 21.5 Å². The number of ether oxygens (including phenoxy) is 1. The van der Waals surface area contributed by atoms with Gasteiger partial charge in [0.2, 0.25) is 11.8 Å². The summed E-state index contributed by atoms with van der Waals surface area (Å²) in [6.07, 6.45) is 0.559. The Hall–Kier alpha value is -3.17. The minimum absolute atomic E-state index is 0.0835. The Kier molecular flexibility index (Phi) is 6.63. The van der Waals surface area contributed by atoms with Gasteiger partial charge in [0.25, 0.3) is 5.22 Å². The molecule has 0 N–H and O–H groups in total. The first-order chi connectivity index (χ1) is 15.1. The van der Waals surface area contributed by atoms with E-state index in [0.29, 0.717) is 28.4 Å². The van der Waals surface area contributed by atoms with Crippen molar-refractivity contribution in [3.63, 3.8) is 0 Å². The SMILES string of the molecule is COc1ccc(Cc2nnc(SCc3csc(N(C(C)=O)c4ccccc4)n3)o2)cc1. The molecule has 4 rings (SSSR count). The number of carbonyl (C=O) groups is 1. The lowest BCUT2D eigenvalue weighted by molar-refractivity contribution is -0.115. The Balaban J connectivity index is 1.38. The molecule has 0 fully saturated rings. The highest BCUT2D eigenvalue weighted by atomic mass is 32.2. The highest BCUT2D eigenvalue weighted by Crippen LogP contribution is 2.31. The smallest absolute Gasteiger partial charge is 0.276 e. The van der Waals surface area contributed by atoms with Gasteiger partial charge in [0.1, 0.15) is 5.75 Å². The van der Waals surface area contributed by atoms with Crippen molar-refractivity contribution in [3.8, 4) is 5.75 Å². The lowest BCUT2D eigenvalue weighted by Gasteiger charge is -2.17. The lowest BCUT2D eigenvalue weighted by Crippen LogP contribution is -2.22. The Labute approximate surface area is 188 Å². The first-order valence-electron chi connectivity index (χ1n) is 9.50. The lowest BCUT2D eigenvalue weighted by atomic mass is 10.1. The van der Waals surface area contributed by atoms with Gasteiger partial charge in [-0.05, 0) is 29.8 Å². The zero-order valence-electron chi connectivity index (χ0n) is 17.0. The molecule has 0 saturated carbocycles. The van der Waals surface area contributed by atoms with E-state index in [4.69, 9.17) is 9.15 Å². The van der Waals surface area contributed by atoms with Crippen molar-refractivity contribution in [1.82, 2.24) is 15.2 Å². The number of nitrogens with zero attached hydrogens (tertiary/aromatic N) is 4. The number of para-hydroxylation sites is 1. The fourth-order valence-electron chi connectivity index (χ4n) is 2.89. The van der Waals surface area contributed by atoms with Gasteiger partial charge < -0.3 is 9.15 Å². The molecule has 2 aromatic carbocycles. The summed E-state index contributed by atoms with van der Waals surface area (Å²) >= 11 is 2.85. The highest BCUT2D eigenvalue weighted by molar-refractivity contribution is 7.98. The number of amides is 1. The van der Waals surface area contributed by atoms with E-state index in [1.165, 1.54) is 30.0 Å². The summed E-state index contributed by atoms with van der Waals surface area (Å²) in [4.78, 5) is 18.4. The molecule has 1 amide bonds. The number of hydrogen-bond acceptors (Lipinski definition) is 8. The average Bonchev–Trinajstić information content (AvgIpc) is 3.43. The largest absolute Gasteiger partial charge is 0.497 e. The van der Waals surface area contributed by atoms with Crippen LogP contribution >= 0.6 is 23.1 Å². The van der Waals surface area contributed by atoms with E-state index in [-0.39, 0.29) is 5.91 Å². The van der Waals surface area contributed by atoms with Crippen molar-refractivity contribution in [3.05, 3.63) is 77.1 Å². The van der Waals surface area contributed by atoms with E-state index in [1.54, 1.807) is 12.0 Å². The molecular weight excluding hydrogens is 432 g/mol. The molecule has 0 saturated heterocycles. The molecule has 4 aromatic rings. The summed E-state index contributed by atoms with van der Waals surface area (Å²) in [6, 6.07) is 17.2. The quantitative estimate of drug-likeness (QED) is 0.344. The van der Waals surface area contributed by atoms with Crippen LogP contribution in [-0.2, 0) is 17.0 Å². The van der Waals surface area contributed by atoms with Crippen LogP contribution in [0.5, 0.6) is 5.75 Å². The van der Waals surface area contributed by atoms with Gasteiger partial charge in [0, 0.05) is 18.1 Å². The molecule has 0 aliphatic heterocycles. The van der Waals surface area contributed by atoms with Crippen LogP contribution in [0.25, 0.3) is 0 Å². The van der Waals surface area contributed by atoms with Crippen molar-refractivity contribution in [2.24, 2.45) is 0 Å². The summed E-state index contributed by atoms with van der Waals surface area (Å²) in [6.45, 7) is 1.53. The molecule has 0 aliphatic rings. The number of hydrogen-bond donors (Lipinski definition) is 0. The average molecular weight is 453 g/mol. The molecule has 9 heteroatoms. The van der Waals surface area contributed by atoms with E-state index in [9.17, 15) is 4.79 Å². The van der Waals surface area contributed by atoms with Crippen molar-refractivity contribution in [2.75, 3.05) is 12.0 Å². The highest BCUT2D eigenvalue weighted by Gasteiger charge is 2.18. The molecule has 0 bridgehead atoms. The van der Waals surface area contributed by atoms with Gasteiger partial charge in [-0.2, -0.15) is 0 Å². The van der Waals surface area contributed by atoms with Crippen LogP contribution in [0.3, 0.4) is 0 Å². The summed E-state index contributed by atoms with van der Waals surface area (Å²) in [5.41, 5.74) is 2.71. The number of benzene rings is 2. The predicted molar refractivity (Wildman–Crippen MR) is 121 cm³/mol. The molecule has 2 aromatic heterocycles. The molecule has 158 valence electrons. The Morgan fingerprint density at radius 2 is 1.90 bits per heavy atom. The summed E-state index contributed by atoms with van der Waals surface area (Å²) < 4.78 is 10.9. The minimum atomic E-state index is -0.0835. The topological polar surface area (TPSA) is 81.4 Å². The van der Waals surface area contributed by atoms with Crippen molar-refractivity contribution in [2.45, 2.75) is 24.3 Å². The maximum atomic E-state index is 12.2. The minimum Gasteiger partial charge on any atom is -0.497 e. The fourth-order valence-corrected chi connectivity index (χ4v) is 4.56. The third kappa shape index (κ3) is 5.31. The van der Waals surface area contributed by atoms with Crippen molar-refractivity contribution in [1.29, 1.82) is 0 Å². The van der Waals surface area contributed by atoms with Crippen LogP contribution in [0.15, 0.2) is 69.6 Å². The van der Waals surface area contributed by atoms with Crippen LogP contribution < -0.4 is 9.64 Å². The van der Waals surface area contributed by atoms with E-state index in [2.05, 4.69) is 15.2 Å². The molecule has 2 heterocycles. The predicted octanol–water partition coefficient (Wildman–Crippen LogP) is 5.10. The molecule has 0 radical (unpaired) electrons. The van der Waals surface area contributed by atoms with Crippen molar-refractivity contribution < 1.29 is 13.9 Å². The number of methoxy groups -OCH3 is 1. The number of aromatic nitrogens is 3. The molecule has 0 unspecified atom stereocenters. The number of thioether (sulfide) groups is 1. The van der Waals surface area contributed by atoms with Crippen LogP contribution in [0.2, 0.25) is 0 Å². The van der Waals surface area contributed by atoms with Crippen LogP contribution in [0.1, 0.15) is 24.1 Å². The van der Waals surface area contributed by atoms with E-state index >= 15 is 0 Å². The maximum Gasteiger partial charge on any atom is 0.276 e. The van der Waals surface area contributed by atoms with Crippen LogP contribution in [0.4, 0.5) is 10.8 Å². The zero-order valence-corrected chi connectivity index (χ0v) is 18.7. The first-order valence-corrected chi connectivity index (χ1v) is 11.4. The second-order valence-corrected chi connectivity index (χ2v) is 8.35. The second kappa shape index (κ2) is 9.76. The van der Waals surface area contributed by atoms with Gasteiger partial charge in [0.05, 0.1) is 24.9 Å². The normalized spacial score (nSPS) is 10.8. The van der Waals surface area contributed by atoms with Crippen LogP contribution in [-0.4, -0.2) is 28.2 Å². The number of carbonyl (C=O) groups excluding carboxylic acids is 1. The van der Waals surface area contributed by atoms with E-state index < -0.39 is 0 Å². The van der Waals surface area contributed by atoms with E-state index in [0.717, 1.165) is 22.7 Å². The summed E-state index contributed by atoms with van der Waals surface area (Å²) in [5.74, 6) is 1.85. The molecule has 0 atom stereocenters.